The fraction of sp³-hybridized carbons (Fsp3) is 0.0833. The summed E-state index contributed by atoms with van der Waals surface area (Å²) in [6.07, 6.45) is 0. The van der Waals surface area contributed by atoms with Crippen molar-refractivity contribution in [3.05, 3.63) is 78.9 Å². The van der Waals surface area contributed by atoms with Gasteiger partial charge in [0.15, 0.2) is 11.5 Å². The maximum Gasteiger partial charge on any atom is 0.235 e. The van der Waals surface area contributed by atoms with Crippen molar-refractivity contribution < 1.29 is 9.47 Å². The van der Waals surface area contributed by atoms with Gasteiger partial charge in [0.25, 0.3) is 0 Å². The normalized spacial score (nSPS) is 11.1. The van der Waals surface area contributed by atoms with Crippen LogP contribution >= 0.6 is 0 Å². The van der Waals surface area contributed by atoms with Crippen molar-refractivity contribution in [2.75, 3.05) is 14.2 Å². The van der Waals surface area contributed by atoms with Crippen LogP contribution in [0, 0.1) is 0 Å². The van der Waals surface area contributed by atoms with E-state index in [2.05, 4.69) is 28.7 Å². The fourth-order valence-electron chi connectivity index (χ4n) is 3.62. The van der Waals surface area contributed by atoms with E-state index in [1.54, 1.807) is 14.2 Å². The van der Waals surface area contributed by atoms with Gasteiger partial charge < -0.3 is 9.47 Å². The number of para-hydroxylation sites is 2. The molecule has 142 valence electrons. The minimum Gasteiger partial charge on any atom is -0.493 e. The van der Waals surface area contributed by atoms with Crippen molar-refractivity contribution in [1.82, 2.24) is 14.4 Å². The largest absolute Gasteiger partial charge is 0.493 e. The molecule has 5 rings (SSSR count). The molecule has 0 saturated heterocycles. The zero-order chi connectivity index (χ0) is 19.8. The van der Waals surface area contributed by atoms with Gasteiger partial charge in [-0.15, -0.1) is 0 Å². The number of fused-ring (bicyclic) bond motifs is 3. The van der Waals surface area contributed by atoms with Crippen LogP contribution in [-0.4, -0.2) is 28.6 Å². The molecular formula is C24H19N3O2. The Labute approximate surface area is 168 Å². The first-order chi connectivity index (χ1) is 14.3. The highest BCUT2D eigenvalue weighted by atomic mass is 16.5. The Bertz CT molecular complexity index is 1330. The van der Waals surface area contributed by atoms with Crippen LogP contribution in [0.1, 0.15) is 0 Å². The van der Waals surface area contributed by atoms with Gasteiger partial charge in [0.05, 0.1) is 36.6 Å². The molecule has 0 N–H and O–H groups in total. The van der Waals surface area contributed by atoms with Crippen LogP contribution in [0.5, 0.6) is 11.5 Å². The molecule has 0 radical (unpaired) electrons. The van der Waals surface area contributed by atoms with Crippen LogP contribution in [0.15, 0.2) is 78.9 Å². The van der Waals surface area contributed by atoms with E-state index in [1.165, 1.54) is 0 Å². The molecule has 0 unspecified atom stereocenters. The van der Waals surface area contributed by atoms with E-state index in [0.29, 0.717) is 17.3 Å². The molecule has 2 aromatic heterocycles. The van der Waals surface area contributed by atoms with E-state index in [4.69, 9.17) is 19.4 Å². The standard InChI is InChI=1S/C24H19N3O2/c1-28-22-13-12-17(14-23(22)29-2)19-15-21(16-8-4-3-5-9-16)27-20-11-7-6-10-18(20)25-24(27)26-19/h3-15H,1-2H3. The number of hydrogen-bond donors (Lipinski definition) is 0. The van der Waals surface area contributed by atoms with Gasteiger partial charge in [-0.25, -0.2) is 9.97 Å². The second-order valence-electron chi connectivity index (χ2n) is 6.70. The summed E-state index contributed by atoms with van der Waals surface area (Å²) >= 11 is 0. The lowest BCUT2D eigenvalue weighted by atomic mass is 10.1. The van der Waals surface area contributed by atoms with E-state index >= 15 is 0 Å². The molecule has 0 aliphatic rings. The van der Waals surface area contributed by atoms with Crippen LogP contribution in [-0.2, 0) is 0 Å². The van der Waals surface area contributed by atoms with Gasteiger partial charge in [-0.1, -0.05) is 42.5 Å². The lowest BCUT2D eigenvalue weighted by Gasteiger charge is -2.12. The zero-order valence-corrected chi connectivity index (χ0v) is 16.2. The van der Waals surface area contributed by atoms with Gasteiger partial charge >= 0.3 is 0 Å². The highest BCUT2D eigenvalue weighted by Crippen LogP contribution is 2.34. The Morgan fingerprint density at radius 3 is 2.24 bits per heavy atom. The molecular weight excluding hydrogens is 362 g/mol. The number of ether oxygens (including phenoxy) is 2. The molecule has 3 aromatic carbocycles. The number of rotatable bonds is 4. The van der Waals surface area contributed by atoms with Crippen LogP contribution in [0.2, 0.25) is 0 Å². The summed E-state index contributed by atoms with van der Waals surface area (Å²) in [5.74, 6) is 2.02. The molecule has 0 aliphatic carbocycles. The predicted molar refractivity (Wildman–Crippen MR) is 114 cm³/mol. The van der Waals surface area contributed by atoms with Gasteiger partial charge in [0.2, 0.25) is 5.78 Å². The van der Waals surface area contributed by atoms with Gasteiger partial charge in [-0.2, -0.15) is 0 Å². The van der Waals surface area contributed by atoms with E-state index in [1.807, 2.05) is 54.6 Å². The lowest BCUT2D eigenvalue weighted by Crippen LogP contribution is -1.98. The topological polar surface area (TPSA) is 48.7 Å². The highest BCUT2D eigenvalue weighted by Gasteiger charge is 2.15. The SMILES string of the molecule is COc1ccc(-c2cc(-c3ccccc3)n3c(n2)nc2ccccc23)cc1OC. The minimum atomic E-state index is 0.664. The molecule has 0 bridgehead atoms. The summed E-state index contributed by atoms with van der Waals surface area (Å²) in [6.45, 7) is 0. The summed E-state index contributed by atoms with van der Waals surface area (Å²) in [5, 5.41) is 0. The molecule has 0 saturated carbocycles. The molecule has 5 heteroatoms. The van der Waals surface area contributed by atoms with E-state index in [0.717, 1.165) is 33.5 Å². The molecule has 0 atom stereocenters. The maximum atomic E-state index is 5.48. The number of nitrogens with zero attached hydrogens (tertiary/aromatic N) is 3. The van der Waals surface area contributed by atoms with Gasteiger partial charge in [-0.3, -0.25) is 4.40 Å². The highest BCUT2D eigenvalue weighted by molar-refractivity contribution is 5.84. The number of methoxy groups -OCH3 is 2. The third kappa shape index (κ3) is 2.88. The molecule has 29 heavy (non-hydrogen) atoms. The minimum absolute atomic E-state index is 0.664. The second-order valence-corrected chi connectivity index (χ2v) is 6.70. The first-order valence-corrected chi connectivity index (χ1v) is 9.34. The summed E-state index contributed by atoms with van der Waals surface area (Å²) in [5.41, 5.74) is 5.86. The molecule has 0 aliphatic heterocycles. The van der Waals surface area contributed by atoms with Crippen LogP contribution in [0.3, 0.4) is 0 Å². The molecule has 0 amide bonds. The Kier molecular flexibility index (Phi) is 4.13. The average molecular weight is 381 g/mol. The van der Waals surface area contributed by atoms with Crippen LogP contribution in [0.25, 0.3) is 39.3 Å². The van der Waals surface area contributed by atoms with Crippen molar-refractivity contribution in [1.29, 1.82) is 0 Å². The van der Waals surface area contributed by atoms with Crippen molar-refractivity contribution in [2.24, 2.45) is 0 Å². The summed E-state index contributed by atoms with van der Waals surface area (Å²) in [7, 11) is 3.26. The quantitative estimate of drug-likeness (QED) is 0.427. The Morgan fingerprint density at radius 2 is 1.45 bits per heavy atom. The first-order valence-electron chi connectivity index (χ1n) is 9.34. The smallest absolute Gasteiger partial charge is 0.235 e. The van der Waals surface area contributed by atoms with Crippen LogP contribution < -0.4 is 9.47 Å². The zero-order valence-electron chi connectivity index (χ0n) is 16.2. The lowest BCUT2D eigenvalue weighted by molar-refractivity contribution is 0.355. The van der Waals surface area contributed by atoms with E-state index in [-0.39, 0.29) is 0 Å². The van der Waals surface area contributed by atoms with Crippen molar-refractivity contribution in [2.45, 2.75) is 0 Å². The third-order valence-corrected chi connectivity index (χ3v) is 5.03. The van der Waals surface area contributed by atoms with E-state index in [9.17, 15) is 0 Å². The van der Waals surface area contributed by atoms with Crippen molar-refractivity contribution in [3.63, 3.8) is 0 Å². The maximum absolute atomic E-state index is 5.48. The number of aromatic nitrogens is 3. The third-order valence-electron chi connectivity index (χ3n) is 5.03. The number of hydrogen-bond acceptors (Lipinski definition) is 4. The first kappa shape index (κ1) is 17.3. The fourth-order valence-corrected chi connectivity index (χ4v) is 3.62. The molecule has 5 aromatic rings. The summed E-state index contributed by atoms with van der Waals surface area (Å²) < 4.78 is 12.9. The van der Waals surface area contributed by atoms with Gasteiger partial charge in [0, 0.05) is 5.56 Å². The summed E-state index contributed by atoms with van der Waals surface area (Å²) in [4.78, 5) is 9.61. The monoisotopic (exact) mass is 381 g/mol. The Balaban J connectivity index is 1.81. The van der Waals surface area contributed by atoms with Crippen molar-refractivity contribution >= 4 is 16.8 Å². The number of imidazole rings is 1. The molecule has 2 heterocycles. The Morgan fingerprint density at radius 1 is 0.690 bits per heavy atom. The molecule has 5 nitrogen and oxygen atoms in total. The molecule has 0 fully saturated rings. The predicted octanol–water partition coefficient (Wildman–Crippen LogP) is 5.23. The molecule has 0 spiro atoms. The van der Waals surface area contributed by atoms with Crippen molar-refractivity contribution in [3.8, 4) is 34.0 Å². The average Bonchev–Trinajstić information content (AvgIpc) is 3.17. The Hall–Kier alpha value is -3.86. The number of benzene rings is 3. The summed E-state index contributed by atoms with van der Waals surface area (Å²) in [6, 6.07) is 26.3. The van der Waals surface area contributed by atoms with Gasteiger partial charge in [-0.05, 0) is 42.0 Å². The van der Waals surface area contributed by atoms with E-state index < -0.39 is 0 Å². The van der Waals surface area contributed by atoms with Gasteiger partial charge in [0.1, 0.15) is 0 Å². The second kappa shape index (κ2) is 6.95. The van der Waals surface area contributed by atoms with Crippen LogP contribution in [0.4, 0.5) is 0 Å².